The summed E-state index contributed by atoms with van der Waals surface area (Å²) in [5, 5.41) is 16.1. The summed E-state index contributed by atoms with van der Waals surface area (Å²) in [5.41, 5.74) is 2.99. The van der Waals surface area contributed by atoms with Gasteiger partial charge >= 0.3 is 0 Å². The molecule has 2 aliphatic rings. The van der Waals surface area contributed by atoms with Gasteiger partial charge in [-0.05, 0) is 37.0 Å². The molecule has 2 aliphatic heterocycles. The number of amides is 2. The summed E-state index contributed by atoms with van der Waals surface area (Å²) in [6, 6.07) is 9.46. The molecule has 204 valence electrons. The molecule has 39 heavy (non-hydrogen) atoms. The number of halogens is 2. The number of aryl methyl sites for hydroxylation is 1. The van der Waals surface area contributed by atoms with Crippen LogP contribution in [-0.2, 0) is 16.1 Å². The monoisotopic (exact) mass is 553 g/mol. The Morgan fingerprint density at radius 1 is 1.28 bits per heavy atom. The highest BCUT2D eigenvalue weighted by atomic mass is 35.5. The van der Waals surface area contributed by atoms with E-state index in [0.29, 0.717) is 46.6 Å². The highest BCUT2D eigenvalue weighted by Gasteiger charge is 2.30. The Balaban J connectivity index is 1.28. The predicted molar refractivity (Wildman–Crippen MR) is 144 cm³/mol. The van der Waals surface area contributed by atoms with Gasteiger partial charge in [-0.15, -0.1) is 0 Å². The maximum atomic E-state index is 14.5. The van der Waals surface area contributed by atoms with Crippen molar-refractivity contribution < 1.29 is 23.8 Å². The van der Waals surface area contributed by atoms with Gasteiger partial charge in [-0.25, -0.2) is 14.4 Å². The highest BCUT2D eigenvalue weighted by Crippen LogP contribution is 2.32. The minimum Gasteiger partial charge on any atom is -0.394 e. The Hall–Kier alpha value is -3.60. The van der Waals surface area contributed by atoms with Crippen LogP contribution >= 0.6 is 11.6 Å². The van der Waals surface area contributed by atoms with Crippen LogP contribution in [0.15, 0.2) is 42.6 Å². The zero-order valence-electron chi connectivity index (χ0n) is 21.4. The molecule has 0 spiro atoms. The summed E-state index contributed by atoms with van der Waals surface area (Å²) in [7, 11) is 0. The number of carbonyl (C=O) groups excluding carboxylic acids is 2. The van der Waals surface area contributed by atoms with Gasteiger partial charge in [-0.2, -0.15) is 0 Å². The van der Waals surface area contributed by atoms with Gasteiger partial charge in [0.2, 0.25) is 11.9 Å². The van der Waals surface area contributed by atoms with E-state index < -0.39 is 24.4 Å². The maximum absolute atomic E-state index is 14.5. The van der Waals surface area contributed by atoms with Crippen molar-refractivity contribution in [3.63, 3.8) is 0 Å². The molecule has 1 unspecified atom stereocenters. The number of hydrogen-bond donors (Lipinski definition) is 3. The van der Waals surface area contributed by atoms with Crippen LogP contribution in [0.3, 0.4) is 0 Å². The molecule has 0 aliphatic carbocycles. The number of anilines is 1. The van der Waals surface area contributed by atoms with Crippen LogP contribution in [0.5, 0.6) is 0 Å². The van der Waals surface area contributed by atoms with Crippen LogP contribution in [0.25, 0.3) is 11.3 Å². The molecule has 3 aromatic rings. The second-order valence-corrected chi connectivity index (χ2v) is 10.1. The molecule has 9 nitrogen and oxygen atoms in total. The molecule has 0 radical (unpaired) electrons. The topological polar surface area (TPSA) is 117 Å². The number of ether oxygens (including phenoxy) is 1. The molecular formula is C28H29ClFN5O4. The number of aromatic nitrogens is 2. The number of hydrogen-bond acceptors (Lipinski definition) is 7. The summed E-state index contributed by atoms with van der Waals surface area (Å²) in [6.45, 7) is 2.52. The van der Waals surface area contributed by atoms with Gasteiger partial charge in [0.15, 0.2) is 0 Å². The number of aliphatic hydroxyl groups is 1. The van der Waals surface area contributed by atoms with E-state index in [4.69, 9.17) is 16.3 Å². The fourth-order valence-electron chi connectivity index (χ4n) is 4.87. The smallest absolute Gasteiger partial charge is 0.254 e. The van der Waals surface area contributed by atoms with E-state index in [2.05, 4.69) is 20.6 Å². The summed E-state index contributed by atoms with van der Waals surface area (Å²) >= 11 is 6.42. The van der Waals surface area contributed by atoms with Gasteiger partial charge in [0.1, 0.15) is 12.4 Å². The first-order valence-electron chi connectivity index (χ1n) is 12.8. The lowest BCUT2D eigenvalue weighted by atomic mass is 10.0. The average Bonchev–Trinajstić information content (AvgIpc) is 3.24. The third kappa shape index (κ3) is 5.88. The molecule has 1 saturated heterocycles. The third-order valence-electron chi connectivity index (χ3n) is 7.01. The minimum absolute atomic E-state index is 0.193. The second kappa shape index (κ2) is 11.6. The Morgan fingerprint density at radius 3 is 2.85 bits per heavy atom. The van der Waals surface area contributed by atoms with E-state index in [1.165, 1.54) is 17.2 Å². The molecule has 2 amide bonds. The fourth-order valence-corrected chi connectivity index (χ4v) is 5.07. The molecule has 0 bridgehead atoms. The molecule has 11 heteroatoms. The van der Waals surface area contributed by atoms with Crippen molar-refractivity contribution in [3.05, 3.63) is 75.7 Å². The average molecular weight is 554 g/mol. The van der Waals surface area contributed by atoms with Crippen molar-refractivity contribution in [1.82, 2.24) is 20.2 Å². The number of fused-ring (bicyclic) bond motifs is 1. The standard InChI is InChI=1S/C28H29ClFN5O4/c1-16-3-2-4-20(25(16)30)23(15-36)33-24(37)14-35-13-18-6-5-17(11-21(18)27(35)38)26-22(29)12-31-28(34-26)32-19-7-9-39-10-8-19/h2-6,11-12,19,23,36H,7-10,13-15H2,1H3,(H,33,37)(H,31,32,34). The summed E-state index contributed by atoms with van der Waals surface area (Å²) in [5.74, 6) is -0.840. The number of nitrogens with zero attached hydrogens (tertiary/aromatic N) is 3. The SMILES string of the molecule is Cc1cccc(C(CO)NC(=O)CN2Cc3ccc(-c4nc(NC5CCOCC5)ncc4Cl)cc3C2=O)c1F. The van der Waals surface area contributed by atoms with Crippen LogP contribution in [0.1, 0.15) is 45.9 Å². The normalized spacial score (nSPS) is 16.2. The van der Waals surface area contributed by atoms with E-state index >= 15 is 0 Å². The lowest BCUT2D eigenvalue weighted by Gasteiger charge is -2.23. The van der Waals surface area contributed by atoms with Crippen LogP contribution in [0.2, 0.25) is 5.02 Å². The Bertz CT molecular complexity index is 1400. The van der Waals surface area contributed by atoms with Crippen molar-refractivity contribution in [2.75, 3.05) is 31.7 Å². The summed E-state index contributed by atoms with van der Waals surface area (Å²) in [4.78, 5) is 36.3. The predicted octanol–water partition coefficient (Wildman–Crippen LogP) is 3.64. The number of benzene rings is 2. The zero-order chi connectivity index (χ0) is 27.5. The molecule has 3 heterocycles. The first kappa shape index (κ1) is 27.0. The molecular weight excluding hydrogens is 525 g/mol. The Morgan fingerprint density at radius 2 is 2.08 bits per heavy atom. The molecule has 1 aromatic heterocycles. The van der Waals surface area contributed by atoms with Gasteiger partial charge in [0.25, 0.3) is 5.91 Å². The molecule has 2 aromatic carbocycles. The highest BCUT2D eigenvalue weighted by molar-refractivity contribution is 6.33. The third-order valence-corrected chi connectivity index (χ3v) is 7.29. The molecule has 3 N–H and O–H groups in total. The first-order valence-corrected chi connectivity index (χ1v) is 13.2. The lowest BCUT2D eigenvalue weighted by molar-refractivity contribution is -0.122. The van der Waals surface area contributed by atoms with E-state index in [9.17, 15) is 19.1 Å². The fraction of sp³-hybridized carbons (Fsp3) is 0.357. The minimum atomic E-state index is -0.923. The van der Waals surface area contributed by atoms with Gasteiger partial charge in [0.05, 0.1) is 29.6 Å². The summed E-state index contributed by atoms with van der Waals surface area (Å²) < 4.78 is 19.9. The Kier molecular flexibility index (Phi) is 8.06. The summed E-state index contributed by atoms with van der Waals surface area (Å²) in [6.07, 6.45) is 3.25. The number of aliphatic hydroxyl groups excluding tert-OH is 1. The van der Waals surface area contributed by atoms with Crippen molar-refractivity contribution in [2.45, 2.75) is 38.4 Å². The van der Waals surface area contributed by atoms with Gasteiger partial charge in [-0.1, -0.05) is 41.9 Å². The van der Waals surface area contributed by atoms with E-state index in [-0.39, 0.29) is 30.6 Å². The molecule has 0 saturated carbocycles. The molecule has 1 fully saturated rings. The Labute approximate surface area is 230 Å². The van der Waals surface area contributed by atoms with Crippen molar-refractivity contribution >= 4 is 29.4 Å². The zero-order valence-corrected chi connectivity index (χ0v) is 22.2. The van der Waals surface area contributed by atoms with Gasteiger partial charge < -0.3 is 25.4 Å². The van der Waals surface area contributed by atoms with Gasteiger partial charge in [-0.3, -0.25) is 9.59 Å². The van der Waals surface area contributed by atoms with Crippen LogP contribution in [-0.4, -0.2) is 64.2 Å². The van der Waals surface area contributed by atoms with Crippen molar-refractivity contribution in [3.8, 4) is 11.3 Å². The van der Waals surface area contributed by atoms with E-state index in [0.717, 1.165) is 18.4 Å². The first-order chi connectivity index (χ1) is 18.8. The number of nitrogens with one attached hydrogen (secondary N) is 2. The molecule has 1 atom stereocenters. The number of carbonyl (C=O) groups is 2. The van der Waals surface area contributed by atoms with E-state index in [1.54, 1.807) is 25.1 Å². The van der Waals surface area contributed by atoms with Crippen LogP contribution < -0.4 is 10.6 Å². The lowest BCUT2D eigenvalue weighted by Crippen LogP contribution is -2.40. The van der Waals surface area contributed by atoms with Crippen LogP contribution in [0.4, 0.5) is 10.3 Å². The maximum Gasteiger partial charge on any atom is 0.254 e. The van der Waals surface area contributed by atoms with Gasteiger partial charge in [0, 0.05) is 42.5 Å². The number of rotatable bonds is 8. The van der Waals surface area contributed by atoms with E-state index in [1.807, 2.05) is 12.1 Å². The second-order valence-electron chi connectivity index (χ2n) is 9.74. The van der Waals surface area contributed by atoms with Crippen molar-refractivity contribution in [2.24, 2.45) is 0 Å². The molecule has 5 rings (SSSR count). The van der Waals surface area contributed by atoms with Crippen molar-refractivity contribution in [1.29, 1.82) is 0 Å². The largest absolute Gasteiger partial charge is 0.394 e. The quantitative estimate of drug-likeness (QED) is 0.390. The van der Waals surface area contributed by atoms with Crippen LogP contribution in [0, 0.1) is 12.7 Å².